The molecule has 2 N–H and O–H groups in total. The van der Waals surface area contributed by atoms with Gasteiger partial charge < -0.3 is 15.0 Å². The molecule has 3 aromatic rings. The molecule has 1 aliphatic rings. The van der Waals surface area contributed by atoms with Crippen LogP contribution in [0.5, 0.6) is 0 Å². The number of nitrogens with one attached hydrogen (secondary N) is 1. The van der Waals surface area contributed by atoms with Crippen LogP contribution in [0.25, 0.3) is 10.8 Å². The van der Waals surface area contributed by atoms with Crippen LogP contribution in [0, 0.1) is 6.92 Å². The Balaban J connectivity index is 1.53. The number of carbonyl (C=O) groups is 1. The maximum atomic E-state index is 12.7. The van der Waals surface area contributed by atoms with Crippen LogP contribution in [0.15, 0.2) is 59.4 Å². The second-order valence-corrected chi connectivity index (χ2v) is 7.20. The Labute approximate surface area is 157 Å². The number of carbonyl (C=O) groups excluding carboxylic acids is 1. The number of amides is 1. The molecule has 2 atom stereocenters. The highest BCUT2D eigenvalue weighted by molar-refractivity contribution is 5.94. The van der Waals surface area contributed by atoms with Crippen molar-refractivity contribution in [1.82, 2.24) is 9.88 Å². The summed E-state index contributed by atoms with van der Waals surface area (Å²) in [5, 5.41) is 13.0. The van der Waals surface area contributed by atoms with Gasteiger partial charge in [0.1, 0.15) is 5.56 Å². The monoisotopic (exact) mass is 362 g/mol. The molecule has 27 heavy (non-hydrogen) atoms. The van der Waals surface area contributed by atoms with Gasteiger partial charge in [-0.15, -0.1) is 0 Å². The number of likely N-dealkylation sites (tertiary alicyclic amines) is 1. The normalized spacial score (nSPS) is 20.0. The van der Waals surface area contributed by atoms with Crippen molar-refractivity contribution >= 4 is 16.7 Å². The molecule has 1 fully saturated rings. The van der Waals surface area contributed by atoms with E-state index in [0.29, 0.717) is 18.7 Å². The minimum atomic E-state index is -0.659. The average molecular weight is 362 g/mol. The number of rotatable bonds is 2. The highest BCUT2D eigenvalue weighted by Crippen LogP contribution is 2.31. The molecular formula is C22H22N2O3. The van der Waals surface area contributed by atoms with E-state index in [9.17, 15) is 14.7 Å². The Kier molecular flexibility index (Phi) is 4.54. The zero-order valence-electron chi connectivity index (χ0n) is 15.2. The molecule has 138 valence electrons. The van der Waals surface area contributed by atoms with Crippen molar-refractivity contribution in [2.45, 2.75) is 25.4 Å². The lowest BCUT2D eigenvalue weighted by atomic mass is 9.86. The van der Waals surface area contributed by atoms with Crippen molar-refractivity contribution in [2.75, 3.05) is 13.1 Å². The van der Waals surface area contributed by atoms with Gasteiger partial charge in [-0.3, -0.25) is 9.59 Å². The van der Waals surface area contributed by atoms with Crippen molar-refractivity contribution < 1.29 is 9.90 Å². The molecule has 4 rings (SSSR count). The minimum Gasteiger partial charge on any atom is -0.391 e. The SMILES string of the molecule is Cc1ccc(C(=O)N2CC[C@@H](c3ccc4ccccc4c3)[C@H](O)C2)c(=O)[nH]1. The number of nitrogens with zero attached hydrogens (tertiary/aromatic N) is 1. The molecule has 0 unspecified atom stereocenters. The zero-order valence-corrected chi connectivity index (χ0v) is 15.2. The van der Waals surface area contributed by atoms with Crippen LogP contribution in [0.4, 0.5) is 0 Å². The van der Waals surface area contributed by atoms with E-state index in [1.165, 1.54) is 5.39 Å². The quantitative estimate of drug-likeness (QED) is 0.736. The Morgan fingerprint density at radius 3 is 2.63 bits per heavy atom. The van der Waals surface area contributed by atoms with Crippen LogP contribution in [-0.2, 0) is 0 Å². The maximum absolute atomic E-state index is 12.7. The smallest absolute Gasteiger partial charge is 0.260 e. The van der Waals surface area contributed by atoms with Gasteiger partial charge in [0, 0.05) is 24.7 Å². The first kappa shape index (κ1) is 17.5. The summed E-state index contributed by atoms with van der Waals surface area (Å²) in [5.41, 5.74) is 1.54. The Hall–Kier alpha value is -2.92. The van der Waals surface area contributed by atoms with Gasteiger partial charge in [0.05, 0.1) is 6.10 Å². The van der Waals surface area contributed by atoms with E-state index in [1.54, 1.807) is 24.0 Å². The van der Waals surface area contributed by atoms with Crippen LogP contribution in [0.2, 0.25) is 0 Å². The third kappa shape index (κ3) is 3.38. The number of hydrogen-bond donors (Lipinski definition) is 2. The van der Waals surface area contributed by atoms with E-state index in [0.717, 1.165) is 10.9 Å². The van der Waals surface area contributed by atoms with Gasteiger partial charge in [-0.05, 0) is 41.8 Å². The van der Waals surface area contributed by atoms with Crippen molar-refractivity contribution in [3.05, 3.63) is 81.8 Å². The van der Waals surface area contributed by atoms with Crippen molar-refractivity contribution in [3.63, 3.8) is 0 Å². The Morgan fingerprint density at radius 1 is 1.11 bits per heavy atom. The van der Waals surface area contributed by atoms with Crippen LogP contribution < -0.4 is 5.56 Å². The number of piperidine rings is 1. The third-order valence-electron chi connectivity index (χ3n) is 5.36. The fraction of sp³-hybridized carbons (Fsp3) is 0.273. The standard InChI is InChI=1S/C22H22N2O3/c1-14-6-9-19(21(26)23-14)22(27)24-11-10-18(20(25)13-24)17-8-7-15-4-2-3-5-16(15)12-17/h2-9,12,18,20,25H,10-11,13H2,1H3,(H,23,26)/t18-,20+/m0/s1. The van der Waals surface area contributed by atoms with E-state index in [2.05, 4.69) is 35.3 Å². The lowest BCUT2D eigenvalue weighted by molar-refractivity contribution is 0.0381. The summed E-state index contributed by atoms with van der Waals surface area (Å²) in [5.74, 6) is -0.345. The predicted octanol–water partition coefficient (Wildman–Crippen LogP) is 2.83. The molecule has 0 aliphatic carbocycles. The summed E-state index contributed by atoms with van der Waals surface area (Å²) in [6.45, 7) is 2.51. The third-order valence-corrected chi connectivity index (χ3v) is 5.36. The number of aliphatic hydroxyl groups is 1. The van der Waals surface area contributed by atoms with Crippen LogP contribution in [0.3, 0.4) is 0 Å². The fourth-order valence-corrected chi connectivity index (χ4v) is 3.85. The first-order valence-electron chi connectivity index (χ1n) is 9.19. The number of hydrogen-bond acceptors (Lipinski definition) is 3. The largest absolute Gasteiger partial charge is 0.391 e. The second-order valence-electron chi connectivity index (χ2n) is 7.20. The van der Waals surface area contributed by atoms with E-state index in [-0.39, 0.29) is 29.5 Å². The first-order chi connectivity index (χ1) is 13.0. The zero-order chi connectivity index (χ0) is 19.0. The number of pyridine rings is 1. The average Bonchev–Trinajstić information content (AvgIpc) is 2.67. The van der Waals surface area contributed by atoms with Crippen LogP contribution in [0.1, 0.15) is 34.0 Å². The number of aliphatic hydroxyl groups excluding tert-OH is 1. The summed E-state index contributed by atoms with van der Waals surface area (Å²) in [6, 6.07) is 17.6. The maximum Gasteiger partial charge on any atom is 0.260 e. The number of H-pyrrole nitrogens is 1. The summed E-state index contributed by atoms with van der Waals surface area (Å²) in [6.07, 6.45) is 0.00282. The van der Waals surface area contributed by atoms with Crippen molar-refractivity contribution in [2.24, 2.45) is 0 Å². The summed E-state index contributed by atoms with van der Waals surface area (Å²) in [4.78, 5) is 29.0. The highest BCUT2D eigenvalue weighted by Gasteiger charge is 2.32. The Morgan fingerprint density at radius 2 is 1.89 bits per heavy atom. The number of β-amino-alcohol motifs (C(OH)–C–C–N with tert-alkyl or cyclic N) is 1. The number of benzene rings is 2. The van der Waals surface area contributed by atoms with E-state index in [1.807, 2.05) is 12.1 Å². The van der Waals surface area contributed by atoms with Gasteiger partial charge in [0.25, 0.3) is 11.5 Å². The molecule has 0 spiro atoms. The molecule has 1 saturated heterocycles. The molecule has 1 aliphatic heterocycles. The highest BCUT2D eigenvalue weighted by atomic mass is 16.3. The lowest BCUT2D eigenvalue weighted by Gasteiger charge is -2.36. The molecule has 5 heteroatoms. The first-order valence-corrected chi connectivity index (χ1v) is 9.19. The fourth-order valence-electron chi connectivity index (χ4n) is 3.85. The number of aromatic nitrogens is 1. The van der Waals surface area contributed by atoms with Gasteiger partial charge in [-0.25, -0.2) is 0 Å². The van der Waals surface area contributed by atoms with E-state index >= 15 is 0 Å². The summed E-state index contributed by atoms with van der Waals surface area (Å²) in [7, 11) is 0. The molecule has 0 radical (unpaired) electrons. The van der Waals surface area contributed by atoms with E-state index < -0.39 is 6.10 Å². The molecule has 0 saturated carbocycles. The molecular weight excluding hydrogens is 340 g/mol. The second kappa shape index (κ2) is 7.00. The van der Waals surface area contributed by atoms with Crippen LogP contribution in [-0.4, -0.2) is 40.1 Å². The van der Waals surface area contributed by atoms with Gasteiger partial charge >= 0.3 is 0 Å². The minimum absolute atomic E-state index is 0.0186. The van der Waals surface area contributed by atoms with Gasteiger partial charge in [-0.2, -0.15) is 0 Å². The van der Waals surface area contributed by atoms with Crippen LogP contribution >= 0.6 is 0 Å². The molecule has 2 heterocycles. The van der Waals surface area contributed by atoms with E-state index in [4.69, 9.17) is 0 Å². The molecule has 1 aromatic heterocycles. The predicted molar refractivity (Wildman–Crippen MR) is 105 cm³/mol. The van der Waals surface area contributed by atoms with Crippen molar-refractivity contribution in [1.29, 1.82) is 0 Å². The number of aromatic amines is 1. The van der Waals surface area contributed by atoms with Gasteiger partial charge in [0.15, 0.2) is 0 Å². The lowest BCUT2D eigenvalue weighted by Crippen LogP contribution is -2.46. The molecule has 0 bridgehead atoms. The van der Waals surface area contributed by atoms with Gasteiger partial charge in [-0.1, -0.05) is 42.5 Å². The van der Waals surface area contributed by atoms with Crippen molar-refractivity contribution in [3.8, 4) is 0 Å². The van der Waals surface area contributed by atoms with Gasteiger partial charge in [0.2, 0.25) is 0 Å². The molecule has 1 amide bonds. The Bertz CT molecular complexity index is 1060. The molecule has 5 nitrogen and oxygen atoms in total. The summed E-state index contributed by atoms with van der Waals surface area (Å²) >= 11 is 0. The summed E-state index contributed by atoms with van der Waals surface area (Å²) < 4.78 is 0. The number of aryl methyl sites for hydroxylation is 1. The molecule has 2 aromatic carbocycles. The topological polar surface area (TPSA) is 73.4 Å². The number of fused-ring (bicyclic) bond motifs is 1.